The van der Waals surface area contributed by atoms with Crippen molar-refractivity contribution >= 4 is 11.9 Å². The van der Waals surface area contributed by atoms with Crippen molar-refractivity contribution in [3.63, 3.8) is 0 Å². The van der Waals surface area contributed by atoms with E-state index >= 15 is 0 Å². The predicted octanol–water partition coefficient (Wildman–Crippen LogP) is 2.67. The van der Waals surface area contributed by atoms with Gasteiger partial charge in [0, 0.05) is 37.1 Å². The molecule has 0 saturated carbocycles. The molecule has 0 radical (unpaired) electrons. The summed E-state index contributed by atoms with van der Waals surface area (Å²) in [5.41, 5.74) is 1.87. The summed E-state index contributed by atoms with van der Waals surface area (Å²) in [6.07, 6.45) is 4.86. The summed E-state index contributed by atoms with van der Waals surface area (Å²) < 4.78 is 11.4. The second-order valence-corrected chi connectivity index (χ2v) is 7.09. The van der Waals surface area contributed by atoms with E-state index in [0.29, 0.717) is 38.3 Å². The Morgan fingerprint density at radius 3 is 2.71 bits per heavy atom. The average Bonchev–Trinajstić information content (AvgIpc) is 2.93. The Hall–Kier alpha value is -2.93. The monoisotopic (exact) mass is 382 g/mol. The maximum Gasteiger partial charge on any atom is 0.335 e. The Balaban J connectivity index is 1.69. The summed E-state index contributed by atoms with van der Waals surface area (Å²) in [6.45, 7) is 1.80. The van der Waals surface area contributed by atoms with E-state index in [1.54, 1.807) is 24.5 Å². The van der Waals surface area contributed by atoms with E-state index in [0.717, 1.165) is 11.1 Å². The van der Waals surface area contributed by atoms with E-state index < -0.39 is 5.97 Å². The van der Waals surface area contributed by atoms with Crippen molar-refractivity contribution in [3.05, 3.63) is 59.4 Å². The molecule has 2 aliphatic rings. The first-order valence-corrected chi connectivity index (χ1v) is 9.40. The number of carboxylic acids is 1. The first-order valence-electron chi connectivity index (χ1n) is 9.40. The van der Waals surface area contributed by atoms with Crippen LogP contribution in [0, 0.1) is 5.92 Å². The Labute approximate surface area is 162 Å². The third kappa shape index (κ3) is 3.71. The van der Waals surface area contributed by atoms with Crippen LogP contribution in [0.4, 0.5) is 0 Å². The van der Waals surface area contributed by atoms with E-state index in [4.69, 9.17) is 9.47 Å². The van der Waals surface area contributed by atoms with Gasteiger partial charge >= 0.3 is 5.97 Å². The topological polar surface area (TPSA) is 89.0 Å². The third-order valence-electron chi connectivity index (χ3n) is 5.35. The maximum absolute atomic E-state index is 13.4. The van der Waals surface area contributed by atoms with Gasteiger partial charge in [-0.05, 0) is 36.6 Å². The zero-order chi connectivity index (χ0) is 19.5. The number of amides is 1. The maximum atomic E-state index is 13.4. The van der Waals surface area contributed by atoms with Crippen molar-refractivity contribution < 1.29 is 24.2 Å². The average molecular weight is 382 g/mol. The first kappa shape index (κ1) is 18.4. The first-order chi connectivity index (χ1) is 13.6. The van der Waals surface area contributed by atoms with Gasteiger partial charge in [0.1, 0.15) is 12.4 Å². The van der Waals surface area contributed by atoms with Gasteiger partial charge < -0.3 is 19.5 Å². The lowest BCUT2D eigenvalue weighted by molar-refractivity contribution is -0.142. The summed E-state index contributed by atoms with van der Waals surface area (Å²) >= 11 is 0. The highest BCUT2D eigenvalue weighted by Crippen LogP contribution is 2.34. The molecule has 7 nitrogen and oxygen atoms in total. The molecule has 7 heteroatoms. The predicted molar refractivity (Wildman–Crippen MR) is 100.0 cm³/mol. The molecule has 146 valence electrons. The Morgan fingerprint density at radius 2 is 2.00 bits per heavy atom. The van der Waals surface area contributed by atoms with Gasteiger partial charge in [-0.1, -0.05) is 12.1 Å². The SMILES string of the molecule is O=C(O)c1ccc2c(c1)OC[C@H](c1cccnc1)N(C(=O)C1CCOCC1)C2. The molecule has 1 aromatic carbocycles. The highest BCUT2D eigenvalue weighted by molar-refractivity contribution is 5.88. The lowest BCUT2D eigenvalue weighted by Gasteiger charge is -2.33. The van der Waals surface area contributed by atoms with Gasteiger partial charge in [0.15, 0.2) is 0 Å². The van der Waals surface area contributed by atoms with Gasteiger partial charge in [-0.25, -0.2) is 4.79 Å². The van der Waals surface area contributed by atoms with Gasteiger partial charge in [0.2, 0.25) is 5.91 Å². The van der Waals surface area contributed by atoms with Crippen LogP contribution in [0.2, 0.25) is 0 Å². The number of benzene rings is 1. The summed E-state index contributed by atoms with van der Waals surface area (Å²) in [4.78, 5) is 30.7. The molecule has 0 spiro atoms. The van der Waals surface area contributed by atoms with Crippen LogP contribution in [-0.4, -0.2) is 46.7 Å². The van der Waals surface area contributed by atoms with Crippen LogP contribution in [-0.2, 0) is 16.1 Å². The molecule has 1 atom stereocenters. The standard InChI is InChI=1S/C21H22N2O5/c24-20(14-5-8-27-9-6-14)23-12-17-4-3-15(21(25)26)10-19(17)28-13-18(23)16-2-1-7-22-11-16/h1-4,7,10-11,14,18H,5-6,8-9,12-13H2,(H,25,26)/t18-/m1/s1. The molecule has 1 fully saturated rings. The van der Waals surface area contributed by atoms with Gasteiger partial charge in [-0.3, -0.25) is 9.78 Å². The van der Waals surface area contributed by atoms with Crippen LogP contribution >= 0.6 is 0 Å². The number of aromatic carboxylic acids is 1. The van der Waals surface area contributed by atoms with E-state index in [2.05, 4.69) is 4.98 Å². The fourth-order valence-corrected chi connectivity index (χ4v) is 3.76. The van der Waals surface area contributed by atoms with Crippen LogP contribution in [0.25, 0.3) is 0 Å². The van der Waals surface area contributed by atoms with Crippen LogP contribution in [0.1, 0.15) is 40.4 Å². The van der Waals surface area contributed by atoms with Crippen molar-refractivity contribution in [1.29, 1.82) is 0 Å². The number of fused-ring (bicyclic) bond motifs is 1. The van der Waals surface area contributed by atoms with Gasteiger partial charge in [-0.2, -0.15) is 0 Å². The fraction of sp³-hybridized carbons (Fsp3) is 0.381. The molecule has 1 amide bonds. The van der Waals surface area contributed by atoms with Crippen molar-refractivity contribution in [2.75, 3.05) is 19.8 Å². The third-order valence-corrected chi connectivity index (χ3v) is 5.35. The lowest BCUT2D eigenvalue weighted by Crippen LogP contribution is -2.41. The van der Waals surface area contributed by atoms with Crippen molar-refractivity contribution in [2.45, 2.75) is 25.4 Å². The Morgan fingerprint density at radius 1 is 1.18 bits per heavy atom. The summed E-state index contributed by atoms with van der Waals surface area (Å²) in [6, 6.07) is 8.29. The minimum atomic E-state index is -1.01. The van der Waals surface area contributed by atoms with Crippen molar-refractivity contribution in [1.82, 2.24) is 9.88 Å². The van der Waals surface area contributed by atoms with Gasteiger partial charge in [0.25, 0.3) is 0 Å². The van der Waals surface area contributed by atoms with Crippen molar-refractivity contribution in [3.8, 4) is 5.75 Å². The van der Waals surface area contributed by atoms with E-state index in [1.165, 1.54) is 6.07 Å². The summed E-state index contributed by atoms with van der Waals surface area (Å²) in [5.74, 6) is -0.491. The Bertz CT molecular complexity index is 864. The molecule has 0 bridgehead atoms. The van der Waals surface area contributed by atoms with Gasteiger partial charge in [-0.15, -0.1) is 0 Å². The molecule has 28 heavy (non-hydrogen) atoms. The number of hydrogen-bond donors (Lipinski definition) is 1. The molecule has 0 aliphatic carbocycles. The number of rotatable bonds is 3. The second-order valence-electron chi connectivity index (χ2n) is 7.09. The molecule has 1 N–H and O–H groups in total. The number of carboxylic acid groups (broad SMARTS) is 1. The number of carbonyl (C=O) groups excluding carboxylic acids is 1. The second kappa shape index (κ2) is 7.98. The number of aromatic nitrogens is 1. The molecule has 1 aromatic heterocycles. The minimum Gasteiger partial charge on any atom is -0.491 e. The van der Waals surface area contributed by atoms with E-state index in [1.807, 2.05) is 17.0 Å². The molecule has 0 unspecified atom stereocenters. The number of pyridine rings is 1. The fourth-order valence-electron chi connectivity index (χ4n) is 3.76. The molecule has 1 saturated heterocycles. The largest absolute Gasteiger partial charge is 0.491 e. The van der Waals surface area contributed by atoms with Gasteiger partial charge in [0.05, 0.1) is 18.2 Å². The number of nitrogens with zero attached hydrogens (tertiary/aromatic N) is 2. The van der Waals surface area contributed by atoms with Crippen molar-refractivity contribution in [2.24, 2.45) is 5.92 Å². The Kier molecular flexibility index (Phi) is 5.25. The molecule has 4 rings (SSSR count). The molecular weight excluding hydrogens is 360 g/mol. The zero-order valence-electron chi connectivity index (χ0n) is 15.4. The van der Waals surface area contributed by atoms with Crippen LogP contribution < -0.4 is 4.74 Å². The molecular formula is C21H22N2O5. The van der Waals surface area contributed by atoms with E-state index in [9.17, 15) is 14.7 Å². The lowest BCUT2D eigenvalue weighted by atomic mass is 9.96. The normalized spacial score (nSPS) is 20.0. The number of ether oxygens (including phenoxy) is 2. The number of carbonyl (C=O) groups is 2. The number of hydrogen-bond acceptors (Lipinski definition) is 5. The summed E-state index contributed by atoms with van der Waals surface area (Å²) in [5, 5.41) is 9.26. The molecule has 3 heterocycles. The molecule has 2 aliphatic heterocycles. The quantitative estimate of drug-likeness (QED) is 0.878. The van der Waals surface area contributed by atoms with Crippen LogP contribution in [0.3, 0.4) is 0 Å². The zero-order valence-corrected chi connectivity index (χ0v) is 15.4. The minimum absolute atomic E-state index is 0.0761. The molecule has 2 aromatic rings. The summed E-state index contributed by atoms with van der Waals surface area (Å²) in [7, 11) is 0. The van der Waals surface area contributed by atoms with Crippen LogP contribution in [0.15, 0.2) is 42.7 Å². The van der Waals surface area contributed by atoms with E-state index in [-0.39, 0.29) is 30.0 Å². The van der Waals surface area contributed by atoms with Crippen LogP contribution in [0.5, 0.6) is 5.75 Å². The highest BCUT2D eigenvalue weighted by Gasteiger charge is 2.34. The smallest absolute Gasteiger partial charge is 0.335 e. The highest BCUT2D eigenvalue weighted by atomic mass is 16.5.